The van der Waals surface area contributed by atoms with Gasteiger partial charge >= 0.3 is 12.3 Å². The van der Waals surface area contributed by atoms with Crippen LogP contribution >= 0.6 is 0 Å². The normalized spacial score (nSPS) is 20.2. The Morgan fingerprint density at radius 1 is 1.19 bits per heavy atom. The first-order valence-corrected chi connectivity index (χ1v) is 5.43. The molecule has 0 saturated carbocycles. The number of rotatable bonds is 3. The number of alkyl halides is 4. The van der Waals surface area contributed by atoms with E-state index in [0.717, 1.165) is 0 Å². The Morgan fingerprint density at radius 3 is 2.00 bits per heavy atom. The molecule has 1 fully saturated rings. The molecule has 16 heavy (non-hydrogen) atoms. The van der Waals surface area contributed by atoms with Gasteiger partial charge in [0.25, 0.3) is 0 Å². The summed E-state index contributed by atoms with van der Waals surface area (Å²) >= 11 is 0. The van der Waals surface area contributed by atoms with Gasteiger partial charge in [-0.1, -0.05) is 13.8 Å². The molecule has 2 nitrogen and oxygen atoms in total. The molecule has 0 spiro atoms. The summed E-state index contributed by atoms with van der Waals surface area (Å²) in [6.07, 6.45) is -3.58. The minimum atomic E-state index is -3.90. The SMILES string of the molecule is CC.C[N+]1(CC(F)(F)C(F)F)CCOCC1. The monoisotopic (exact) mass is 246 g/mol. The highest BCUT2D eigenvalue weighted by atomic mass is 19.3. The summed E-state index contributed by atoms with van der Waals surface area (Å²) in [5, 5.41) is 0. The van der Waals surface area contributed by atoms with Crippen LogP contribution in [-0.2, 0) is 4.74 Å². The third-order valence-electron chi connectivity index (χ3n) is 2.46. The molecule has 0 N–H and O–H groups in total. The van der Waals surface area contributed by atoms with Gasteiger partial charge in [-0.2, -0.15) is 8.78 Å². The molecule has 0 aromatic heterocycles. The van der Waals surface area contributed by atoms with Crippen molar-refractivity contribution in [2.45, 2.75) is 26.2 Å². The molecule has 0 radical (unpaired) electrons. The molecule has 1 heterocycles. The molecule has 0 unspecified atom stereocenters. The minimum absolute atomic E-state index is 0.0443. The first-order valence-electron chi connectivity index (χ1n) is 5.43. The fourth-order valence-electron chi connectivity index (χ4n) is 1.52. The van der Waals surface area contributed by atoms with Crippen molar-refractivity contribution in [1.29, 1.82) is 0 Å². The number of morpholine rings is 1. The number of likely N-dealkylation sites (N-methyl/N-ethyl adjacent to an activating group) is 1. The highest BCUT2D eigenvalue weighted by molar-refractivity contribution is 4.69. The number of hydrogen-bond acceptors (Lipinski definition) is 1. The second-order valence-corrected chi connectivity index (χ2v) is 3.90. The summed E-state index contributed by atoms with van der Waals surface area (Å²) in [6, 6.07) is 0. The zero-order chi connectivity index (χ0) is 12.8. The number of nitrogens with zero attached hydrogens (tertiary/aromatic N) is 1. The van der Waals surface area contributed by atoms with Gasteiger partial charge in [0.2, 0.25) is 0 Å². The second-order valence-electron chi connectivity index (χ2n) is 3.90. The molecule has 0 atom stereocenters. The van der Waals surface area contributed by atoms with Crippen LogP contribution in [0.25, 0.3) is 0 Å². The van der Waals surface area contributed by atoms with Crippen LogP contribution in [0.3, 0.4) is 0 Å². The maximum atomic E-state index is 12.8. The molecule has 0 aliphatic carbocycles. The highest BCUT2D eigenvalue weighted by Crippen LogP contribution is 2.26. The molecule has 1 saturated heterocycles. The maximum Gasteiger partial charge on any atom is 0.354 e. The number of ether oxygens (including phenoxy) is 1. The van der Waals surface area contributed by atoms with Crippen LogP contribution in [0.1, 0.15) is 13.8 Å². The number of quaternary nitrogens is 1. The van der Waals surface area contributed by atoms with Gasteiger partial charge in [-0.15, -0.1) is 0 Å². The molecule has 0 amide bonds. The third kappa shape index (κ3) is 4.65. The first kappa shape index (κ1) is 15.6. The lowest BCUT2D eigenvalue weighted by Gasteiger charge is -2.39. The standard InChI is InChI=1S/C8H14F4NO.C2H6/c1-13(2-4-14-5-3-13)6-8(11,12)7(9)10;1-2/h7H,2-6H2,1H3;1-2H3/q+1;. The van der Waals surface area contributed by atoms with Gasteiger partial charge in [0.15, 0.2) is 0 Å². The van der Waals surface area contributed by atoms with Crippen molar-refractivity contribution >= 4 is 0 Å². The average molecular weight is 246 g/mol. The van der Waals surface area contributed by atoms with Crippen LogP contribution in [0.5, 0.6) is 0 Å². The summed E-state index contributed by atoms with van der Waals surface area (Å²) in [5.41, 5.74) is 0. The molecule has 98 valence electrons. The topological polar surface area (TPSA) is 9.23 Å². The lowest BCUT2D eigenvalue weighted by Crippen LogP contribution is -2.58. The first-order chi connectivity index (χ1) is 7.36. The fraction of sp³-hybridized carbons (Fsp3) is 1.00. The van der Waals surface area contributed by atoms with E-state index in [9.17, 15) is 17.6 Å². The Labute approximate surface area is 93.8 Å². The molecular weight excluding hydrogens is 226 g/mol. The van der Waals surface area contributed by atoms with Crippen LogP contribution in [0.15, 0.2) is 0 Å². The Hall–Kier alpha value is -0.360. The molecule has 1 aliphatic heterocycles. The molecule has 0 aromatic carbocycles. The van der Waals surface area contributed by atoms with Crippen molar-refractivity contribution < 1.29 is 26.8 Å². The van der Waals surface area contributed by atoms with Gasteiger partial charge in [0.05, 0.1) is 20.3 Å². The van der Waals surface area contributed by atoms with E-state index >= 15 is 0 Å². The van der Waals surface area contributed by atoms with Crippen molar-refractivity contribution in [3.05, 3.63) is 0 Å². The minimum Gasteiger partial charge on any atom is -0.370 e. The van der Waals surface area contributed by atoms with Crippen LogP contribution in [0.4, 0.5) is 17.6 Å². The molecule has 0 aromatic rings. The number of hydrogen-bond donors (Lipinski definition) is 0. The van der Waals surface area contributed by atoms with Gasteiger partial charge < -0.3 is 9.22 Å². The summed E-state index contributed by atoms with van der Waals surface area (Å²) in [4.78, 5) is 0. The van der Waals surface area contributed by atoms with E-state index in [4.69, 9.17) is 4.74 Å². The zero-order valence-corrected chi connectivity index (χ0v) is 9.98. The van der Waals surface area contributed by atoms with E-state index in [0.29, 0.717) is 26.3 Å². The summed E-state index contributed by atoms with van der Waals surface area (Å²) in [6.45, 7) is 4.63. The van der Waals surface area contributed by atoms with Crippen LogP contribution in [0, 0.1) is 0 Å². The highest BCUT2D eigenvalue weighted by Gasteiger charge is 2.48. The van der Waals surface area contributed by atoms with Crippen molar-refractivity contribution in [1.82, 2.24) is 0 Å². The zero-order valence-electron chi connectivity index (χ0n) is 9.98. The third-order valence-corrected chi connectivity index (χ3v) is 2.46. The van der Waals surface area contributed by atoms with Gasteiger partial charge in [-0.05, 0) is 0 Å². The lowest BCUT2D eigenvalue weighted by atomic mass is 10.2. The molecule has 0 bridgehead atoms. The van der Waals surface area contributed by atoms with E-state index in [-0.39, 0.29) is 4.48 Å². The van der Waals surface area contributed by atoms with E-state index in [1.54, 1.807) is 7.05 Å². The van der Waals surface area contributed by atoms with Gasteiger partial charge in [0.1, 0.15) is 19.6 Å². The van der Waals surface area contributed by atoms with E-state index < -0.39 is 18.9 Å². The smallest absolute Gasteiger partial charge is 0.354 e. The van der Waals surface area contributed by atoms with Gasteiger partial charge in [0, 0.05) is 0 Å². The van der Waals surface area contributed by atoms with E-state index in [1.165, 1.54) is 0 Å². The Balaban J connectivity index is 0.00000106. The van der Waals surface area contributed by atoms with Crippen LogP contribution in [-0.4, -0.2) is 56.7 Å². The summed E-state index contributed by atoms with van der Waals surface area (Å²) in [7, 11) is 1.55. The Kier molecular flexibility index (Phi) is 6.25. The summed E-state index contributed by atoms with van der Waals surface area (Å²) < 4.78 is 54.4. The molecule has 1 aliphatic rings. The van der Waals surface area contributed by atoms with Crippen molar-refractivity contribution in [2.24, 2.45) is 0 Å². The fourth-order valence-corrected chi connectivity index (χ4v) is 1.52. The largest absolute Gasteiger partial charge is 0.370 e. The lowest BCUT2D eigenvalue weighted by molar-refractivity contribution is -0.924. The summed E-state index contributed by atoms with van der Waals surface area (Å²) in [5.74, 6) is -3.90. The molecular formula is C10H20F4NO+. The van der Waals surface area contributed by atoms with Crippen LogP contribution < -0.4 is 0 Å². The predicted molar refractivity (Wildman–Crippen MR) is 53.9 cm³/mol. The molecule has 1 rings (SSSR count). The molecule has 6 heteroatoms. The van der Waals surface area contributed by atoms with Crippen LogP contribution in [0.2, 0.25) is 0 Å². The van der Waals surface area contributed by atoms with E-state index in [2.05, 4.69) is 0 Å². The maximum absolute atomic E-state index is 12.8. The second kappa shape index (κ2) is 6.39. The predicted octanol–water partition coefficient (Wildman–Crippen LogP) is 2.39. The van der Waals surface area contributed by atoms with Gasteiger partial charge in [-0.3, -0.25) is 0 Å². The quantitative estimate of drug-likeness (QED) is 0.549. The number of halogens is 4. The van der Waals surface area contributed by atoms with Crippen molar-refractivity contribution in [3.8, 4) is 0 Å². The van der Waals surface area contributed by atoms with Crippen molar-refractivity contribution in [2.75, 3.05) is 39.9 Å². The Morgan fingerprint density at radius 2 is 1.62 bits per heavy atom. The van der Waals surface area contributed by atoms with Gasteiger partial charge in [-0.25, -0.2) is 8.78 Å². The van der Waals surface area contributed by atoms with E-state index in [1.807, 2.05) is 13.8 Å². The Bertz CT molecular complexity index is 193. The van der Waals surface area contributed by atoms with Crippen molar-refractivity contribution in [3.63, 3.8) is 0 Å². The average Bonchev–Trinajstić information content (AvgIpc) is 2.20.